The lowest BCUT2D eigenvalue weighted by Crippen LogP contribution is -2.50. The molecule has 0 spiro atoms. The van der Waals surface area contributed by atoms with E-state index < -0.39 is 27.4 Å². The molecule has 100 valence electrons. The van der Waals surface area contributed by atoms with Crippen LogP contribution in [0.3, 0.4) is 0 Å². The molecule has 0 aromatic rings. The number of carboxylic acid groups (broad SMARTS) is 1. The Morgan fingerprint density at radius 1 is 1.65 bits per heavy atom. The largest absolute Gasteiger partial charge is 0.481 e. The summed E-state index contributed by atoms with van der Waals surface area (Å²) < 4.78 is 35.3. The summed E-state index contributed by atoms with van der Waals surface area (Å²) in [5.74, 6) is -1.27. The maximum absolute atomic E-state index is 11.6. The van der Waals surface area contributed by atoms with Crippen molar-refractivity contribution in [2.75, 3.05) is 32.7 Å². The lowest BCUT2D eigenvalue weighted by molar-refractivity contribution is -0.148. The normalized spacial score (nSPS) is 29.4. The van der Waals surface area contributed by atoms with E-state index in [2.05, 4.69) is 9.46 Å². The Kier molecular flexibility index (Phi) is 4.48. The number of aliphatic carboxylic acids is 1. The van der Waals surface area contributed by atoms with E-state index in [1.807, 2.05) is 0 Å². The van der Waals surface area contributed by atoms with Gasteiger partial charge in [-0.25, -0.2) is 13.1 Å². The minimum atomic E-state index is -3.55. The minimum Gasteiger partial charge on any atom is -0.481 e. The van der Waals surface area contributed by atoms with Crippen molar-refractivity contribution < 1.29 is 27.8 Å². The Hall–Kier alpha value is -0.700. The van der Waals surface area contributed by atoms with E-state index in [-0.39, 0.29) is 25.6 Å². The van der Waals surface area contributed by atoms with Crippen molar-refractivity contribution in [2.24, 2.45) is 5.41 Å². The van der Waals surface area contributed by atoms with Crippen LogP contribution in [0.5, 0.6) is 0 Å². The highest BCUT2D eigenvalue weighted by atomic mass is 32.2. The molecule has 0 saturated carbocycles. The Bertz CT molecular complexity index is 381. The summed E-state index contributed by atoms with van der Waals surface area (Å²) >= 11 is 0. The molecule has 8 heteroatoms. The summed E-state index contributed by atoms with van der Waals surface area (Å²) in [5.41, 5.74) is -1.22. The molecule has 17 heavy (non-hydrogen) atoms. The molecule has 0 aliphatic carbocycles. The fraction of sp³-hybridized carbons (Fsp3) is 0.889. The fourth-order valence-electron chi connectivity index (χ4n) is 1.52. The number of sulfonamides is 1. The quantitative estimate of drug-likeness (QED) is 0.643. The molecule has 0 aromatic heterocycles. The van der Waals surface area contributed by atoms with Crippen LogP contribution in [0.4, 0.5) is 0 Å². The van der Waals surface area contributed by atoms with Crippen LogP contribution in [-0.2, 0) is 24.3 Å². The van der Waals surface area contributed by atoms with E-state index in [0.717, 1.165) is 0 Å². The SMILES string of the molecule is COCCS(=O)(=O)NC1COCC1(C)C(=O)O. The van der Waals surface area contributed by atoms with E-state index in [4.69, 9.17) is 9.84 Å². The number of ether oxygens (including phenoxy) is 2. The molecule has 0 aromatic carbocycles. The first-order valence-corrected chi connectivity index (χ1v) is 6.77. The van der Waals surface area contributed by atoms with Gasteiger partial charge < -0.3 is 14.6 Å². The van der Waals surface area contributed by atoms with E-state index in [0.29, 0.717) is 0 Å². The first-order chi connectivity index (χ1) is 7.82. The minimum absolute atomic E-state index is 0.000201. The van der Waals surface area contributed by atoms with Crippen LogP contribution in [0.2, 0.25) is 0 Å². The lowest BCUT2D eigenvalue weighted by Gasteiger charge is -2.25. The van der Waals surface area contributed by atoms with Crippen molar-refractivity contribution in [2.45, 2.75) is 13.0 Å². The second-order valence-corrected chi connectivity index (χ2v) is 6.09. The molecule has 1 saturated heterocycles. The van der Waals surface area contributed by atoms with Gasteiger partial charge in [-0.15, -0.1) is 0 Å². The predicted molar refractivity (Wildman–Crippen MR) is 59.1 cm³/mol. The van der Waals surface area contributed by atoms with E-state index in [9.17, 15) is 13.2 Å². The van der Waals surface area contributed by atoms with Gasteiger partial charge in [0, 0.05) is 7.11 Å². The number of carboxylic acids is 1. The number of nitrogens with one attached hydrogen (secondary N) is 1. The third kappa shape index (κ3) is 3.38. The molecule has 1 aliphatic rings. The summed E-state index contributed by atoms with van der Waals surface area (Å²) in [6.07, 6.45) is 0. The zero-order valence-electron chi connectivity index (χ0n) is 9.80. The van der Waals surface area contributed by atoms with Crippen molar-refractivity contribution in [1.29, 1.82) is 0 Å². The van der Waals surface area contributed by atoms with E-state index >= 15 is 0 Å². The van der Waals surface area contributed by atoms with Gasteiger partial charge in [0.15, 0.2) is 0 Å². The molecule has 1 heterocycles. The number of rotatable bonds is 6. The van der Waals surface area contributed by atoms with Gasteiger partial charge in [-0.1, -0.05) is 0 Å². The van der Waals surface area contributed by atoms with Crippen LogP contribution in [0.15, 0.2) is 0 Å². The Morgan fingerprint density at radius 3 is 2.82 bits per heavy atom. The maximum Gasteiger partial charge on any atom is 0.313 e. The Balaban J connectivity index is 2.71. The highest BCUT2D eigenvalue weighted by molar-refractivity contribution is 7.89. The molecular weight excluding hydrogens is 250 g/mol. The summed E-state index contributed by atoms with van der Waals surface area (Å²) in [6.45, 7) is 1.59. The maximum atomic E-state index is 11.6. The number of methoxy groups -OCH3 is 1. The zero-order chi connectivity index (χ0) is 13.1. The molecule has 1 rings (SSSR count). The first-order valence-electron chi connectivity index (χ1n) is 5.12. The molecule has 2 atom stereocenters. The van der Waals surface area contributed by atoms with Crippen LogP contribution in [0.1, 0.15) is 6.92 Å². The lowest BCUT2D eigenvalue weighted by atomic mass is 9.86. The number of hydrogen-bond donors (Lipinski definition) is 2. The monoisotopic (exact) mass is 267 g/mol. The summed E-state index contributed by atoms with van der Waals surface area (Å²) in [7, 11) is -2.15. The molecule has 0 amide bonds. The van der Waals surface area contributed by atoms with E-state index in [1.54, 1.807) is 0 Å². The smallest absolute Gasteiger partial charge is 0.313 e. The van der Waals surface area contributed by atoms with Gasteiger partial charge in [-0.05, 0) is 6.92 Å². The highest BCUT2D eigenvalue weighted by Gasteiger charge is 2.48. The van der Waals surface area contributed by atoms with Crippen LogP contribution in [0, 0.1) is 5.41 Å². The molecule has 2 N–H and O–H groups in total. The van der Waals surface area contributed by atoms with Crippen molar-refractivity contribution in [3.63, 3.8) is 0 Å². The first kappa shape index (κ1) is 14.4. The zero-order valence-corrected chi connectivity index (χ0v) is 10.6. The summed E-state index contributed by atoms with van der Waals surface area (Å²) in [5, 5.41) is 9.08. The van der Waals surface area contributed by atoms with Crippen LogP contribution < -0.4 is 4.72 Å². The molecule has 7 nitrogen and oxygen atoms in total. The van der Waals surface area contributed by atoms with Crippen LogP contribution >= 0.6 is 0 Å². The number of hydrogen-bond acceptors (Lipinski definition) is 5. The van der Waals surface area contributed by atoms with Crippen LogP contribution in [-0.4, -0.2) is 58.2 Å². The predicted octanol–water partition coefficient (Wildman–Crippen LogP) is -0.958. The van der Waals surface area contributed by atoms with Gasteiger partial charge in [0.25, 0.3) is 0 Å². The molecular formula is C9H17NO6S. The van der Waals surface area contributed by atoms with Crippen molar-refractivity contribution >= 4 is 16.0 Å². The van der Waals surface area contributed by atoms with Crippen molar-refractivity contribution in [3.05, 3.63) is 0 Å². The highest BCUT2D eigenvalue weighted by Crippen LogP contribution is 2.29. The molecule has 1 fully saturated rings. The van der Waals surface area contributed by atoms with Gasteiger partial charge in [0.2, 0.25) is 10.0 Å². The topological polar surface area (TPSA) is 102 Å². The Labute approximate surface area is 100 Å². The van der Waals surface area contributed by atoms with Gasteiger partial charge in [-0.3, -0.25) is 4.79 Å². The third-order valence-corrected chi connectivity index (χ3v) is 4.17. The third-order valence-electron chi connectivity index (χ3n) is 2.82. The fourth-order valence-corrected chi connectivity index (χ4v) is 2.78. The van der Waals surface area contributed by atoms with Gasteiger partial charge in [0.05, 0.1) is 31.6 Å². The van der Waals surface area contributed by atoms with Gasteiger partial charge in [0.1, 0.15) is 5.41 Å². The average molecular weight is 267 g/mol. The molecule has 0 bridgehead atoms. The summed E-state index contributed by atoms with van der Waals surface area (Å²) in [6, 6.07) is -0.748. The molecule has 2 unspecified atom stereocenters. The molecule has 0 radical (unpaired) electrons. The van der Waals surface area contributed by atoms with Crippen LogP contribution in [0.25, 0.3) is 0 Å². The molecule has 1 aliphatic heterocycles. The average Bonchev–Trinajstić information content (AvgIpc) is 2.58. The van der Waals surface area contributed by atoms with Gasteiger partial charge in [-0.2, -0.15) is 0 Å². The number of carbonyl (C=O) groups is 1. The Morgan fingerprint density at radius 2 is 2.29 bits per heavy atom. The second kappa shape index (κ2) is 5.30. The van der Waals surface area contributed by atoms with Gasteiger partial charge >= 0.3 is 5.97 Å². The van der Waals surface area contributed by atoms with Crippen molar-refractivity contribution in [3.8, 4) is 0 Å². The standard InChI is InChI=1S/C9H17NO6S/c1-9(8(11)12)6-16-5-7(9)10-17(13,14)4-3-15-2/h7,10H,3-6H2,1-2H3,(H,11,12). The van der Waals surface area contributed by atoms with Crippen molar-refractivity contribution in [1.82, 2.24) is 4.72 Å². The second-order valence-electron chi connectivity index (χ2n) is 4.22. The van der Waals surface area contributed by atoms with E-state index in [1.165, 1.54) is 14.0 Å². The summed E-state index contributed by atoms with van der Waals surface area (Å²) in [4.78, 5) is 11.1.